The molecule has 1 N–H and O–H groups in total. The van der Waals surface area contributed by atoms with E-state index in [1.807, 2.05) is 0 Å². The summed E-state index contributed by atoms with van der Waals surface area (Å²) in [6.45, 7) is 4.45. The van der Waals surface area contributed by atoms with Gasteiger partial charge in [-0.2, -0.15) is 0 Å². The van der Waals surface area contributed by atoms with E-state index in [0.29, 0.717) is 0 Å². The Balaban J connectivity index is 2.38. The maximum Gasteiger partial charge on any atom is 0.0569 e. The molecule has 1 nitrogen and oxygen atoms in total. The van der Waals surface area contributed by atoms with Crippen molar-refractivity contribution in [1.82, 2.24) is 0 Å². The van der Waals surface area contributed by atoms with Crippen LogP contribution in [0.1, 0.15) is 30.0 Å². The van der Waals surface area contributed by atoms with E-state index in [0.717, 1.165) is 6.42 Å². The lowest BCUT2D eigenvalue weighted by Gasteiger charge is -2.28. The van der Waals surface area contributed by atoms with Crippen LogP contribution in [-0.4, -0.2) is 11.7 Å². The molecule has 1 heteroatoms. The number of aliphatic hydroxyl groups is 1. The van der Waals surface area contributed by atoms with Gasteiger partial charge in [-0.3, -0.25) is 0 Å². The number of aliphatic hydroxyl groups excluding tert-OH is 1. The highest BCUT2D eigenvalue weighted by Crippen LogP contribution is 2.50. The van der Waals surface area contributed by atoms with E-state index in [1.54, 1.807) is 0 Å². The third-order valence-corrected chi connectivity index (χ3v) is 4.30. The van der Waals surface area contributed by atoms with Crippen LogP contribution in [-0.2, 0) is 5.41 Å². The second kappa shape index (κ2) is 3.96. The fourth-order valence-electron chi connectivity index (χ4n) is 3.23. The van der Waals surface area contributed by atoms with Gasteiger partial charge < -0.3 is 5.11 Å². The molecule has 0 amide bonds. The summed E-state index contributed by atoms with van der Waals surface area (Å²) < 4.78 is 0. The highest BCUT2D eigenvalue weighted by atomic mass is 16.3. The van der Waals surface area contributed by atoms with Gasteiger partial charge in [0, 0.05) is 5.41 Å². The molecular formula is C17H18O. The molecule has 0 aliphatic heterocycles. The van der Waals surface area contributed by atoms with Crippen LogP contribution in [0.4, 0.5) is 0 Å². The van der Waals surface area contributed by atoms with Gasteiger partial charge in [-0.1, -0.05) is 55.0 Å². The van der Waals surface area contributed by atoms with Gasteiger partial charge in [0.05, 0.1) is 6.61 Å². The summed E-state index contributed by atoms with van der Waals surface area (Å²) in [7, 11) is 0. The lowest BCUT2D eigenvalue weighted by atomic mass is 9.76. The number of rotatable bonds is 2. The van der Waals surface area contributed by atoms with Crippen molar-refractivity contribution in [1.29, 1.82) is 0 Å². The molecule has 0 heterocycles. The summed E-state index contributed by atoms with van der Waals surface area (Å²) in [6, 6.07) is 15.0. The maximum absolute atomic E-state index is 10.0. The molecule has 1 aliphatic rings. The molecule has 0 fully saturated rings. The average molecular weight is 238 g/mol. The van der Waals surface area contributed by atoms with E-state index in [4.69, 9.17) is 0 Å². The van der Waals surface area contributed by atoms with Crippen LogP contribution >= 0.6 is 0 Å². The second-order valence-electron chi connectivity index (χ2n) is 5.19. The fourth-order valence-corrected chi connectivity index (χ4v) is 3.23. The van der Waals surface area contributed by atoms with Crippen LogP contribution in [0.3, 0.4) is 0 Å². The summed E-state index contributed by atoms with van der Waals surface area (Å²) in [5, 5.41) is 10.0. The Hall–Kier alpha value is -1.60. The third-order valence-electron chi connectivity index (χ3n) is 4.30. The molecule has 92 valence electrons. The van der Waals surface area contributed by atoms with Crippen molar-refractivity contribution in [3.8, 4) is 11.1 Å². The Morgan fingerprint density at radius 3 is 2.44 bits per heavy atom. The lowest BCUT2D eigenvalue weighted by molar-refractivity contribution is 0.218. The van der Waals surface area contributed by atoms with Crippen molar-refractivity contribution in [2.45, 2.75) is 25.7 Å². The van der Waals surface area contributed by atoms with Crippen LogP contribution in [0.2, 0.25) is 0 Å². The first-order chi connectivity index (χ1) is 8.73. The number of hydrogen-bond acceptors (Lipinski definition) is 1. The molecule has 2 aromatic rings. The second-order valence-corrected chi connectivity index (χ2v) is 5.19. The molecule has 0 bridgehead atoms. The van der Waals surface area contributed by atoms with Crippen molar-refractivity contribution < 1.29 is 5.11 Å². The van der Waals surface area contributed by atoms with Crippen LogP contribution in [0.15, 0.2) is 42.5 Å². The zero-order valence-corrected chi connectivity index (χ0v) is 10.9. The monoisotopic (exact) mass is 238 g/mol. The van der Waals surface area contributed by atoms with Gasteiger partial charge in [0.1, 0.15) is 0 Å². The van der Waals surface area contributed by atoms with E-state index in [1.165, 1.54) is 27.8 Å². The molecule has 3 rings (SSSR count). The molecule has 0 aromatic heterocycles. The van der Waals surface area contributed by atoms with Crippen molar-refractivity contribution in [3.05, 3.63) is 59.2 Å². The standard InChI is InChI=1S/C17H18O/c1-3-17(11-18)15-7-5-4-6-13(15)14-9-8-12(2)10-16(14)17/h4-10,18H,3,11H2,1-2H3. The quantitative estimate of drug-likeness (QED) is 0.846. The minimum Gasteiger partial charge on any atom is -0.395 e. The average Bonchev–Trinajstić information content (AvgIpc) is 2.68. The normalized spacial score (nSPS) is 20.6. The largest absolute Gasteiger partial charge is 0.395 e. The smallest absolute Gasteiger partial charge is 0.0569 e. The number of benzene rings is 2. The Kier molecular flexibility index (Phi) is 2.53. The van der Waals surface area contributed by atoms with E-state index in [2.05, 4.69) is 56.3 Å². The summed E-state index contributed by atoms with van der Waals surface area (Å²) in [5.74, 6) is 0. The van der Waals surface area contributed by atoms with Gasteiger partial charge in [0.2, 0.25) is 0 Å². The predicted octanol–water partition coefficient (Wildman–Crippen LogP) is 3.66. The zero-order valence-electron chi connectivity index (χ0n) is 10.9. The van der Waals surface area contributed by atoms with Crippen molar-refractivity contribution in [2.75, 3.05) is 6.61 Å². The van der Waals surface area contributed by atoms with Crippen LogP contribution in [0.5, 0.6) is 0 Å². The summed E-state index contributed by atoms with van der Waals surface area (Å²) in [6.07, 6.45) is 0.928. The molecule has 0 saturated carbocycles. The Labute approximate surface area is 108 Å². The maximum atomic E-state index is 10.0. The van der Waals surface area contributed by atoms with Gasteiger partial charge in [-0.25, -0.2) is 0 Å². The minimum atomic E-state index is -0.210. The highest BCUT2D eigenvalue weighted by molar-refractivity contribution is 5.81. The SMILES string of the molecule is CCC1(CO)c2ccccc2-c2ccc(C)cc21. The first-order valence-corrected chi connectivity index (χ1v) is 6.55. The minimum absolute atomic E-state index is 0.178. The van der Waals surface area contributed by atoms with Crippen molar-refractivity contribution in [3.63, 3.8) is 0 Å². The molecule has 18 heavy (non-hydrogen) atoms. The molecule has 0 radical (unpaired) electrons. The van der Waals surface area contributed by atoms with E-state index < -0.39 is 0 Å². The van der Waals surface area contributed by atoms with Gasteiger partial charge >= 0.3 is 0 Å². The third kappa shape index (κ3) is 1.31. The first kappa shape index (κ1) is 11.5. The number of aryl methyl sites for hydroxylation is 1. The first-order valence-electron chi connectivity index (χ1n) is 6.55. The van der Waals surface area contributed by atoms with Crippen molar-refractivity contribution in [2.24, 2.45) is 0 Å². The van der Waals surface area contributed by atoms with E-state index >= 15 is 0 Å². The highest BCUT2D eigenvalue weighted by Gasteiger charge is 2.41. The predicted molar refractivity (Wildman–Crippen MR) is 74.8 cm³/mol. The molecule has 2 aromatic carbocycles. The molecule has 0 saturated heterocycles. The van der Waals surface area contributed by atoms with E-state index in [9.17, 15) is 5.11 Å². The fraction of sp³-hybridized carbons (Fsp3) is 0.294. The van der Waals surface area contributed by atoms with Crippen molar-refractivity contribution >= 4 is 0 Å². The zero-order chi connectivity index (χ0) is 12.8. The Morgan fingerprint density at radius 2 is 1.72 bits per heavy atom. The summed E-state index contributed by atoms with van der Waals surface area (Å²) >= 11 is 0. The van der Waals surface area contributed by atoms with Gasteiger partial charge in [0.15, 0.2) is 0 Å². The molecule has 0 spiro atoms. The van der Waals surface area contributed by atoms with Gasteiger partial charge in [-0.15, -0.1) is 0 Å². The number of hydrogen-bond donors (Lipinski definition) is 1. The summed E-state index contributed by atoms with van der Waals surface area (Å²) in [5.41, 5.74) is 6.17. The lowest BCUT2D eigenvalue weighted by Crippen LogP contribution is -2.28. The number of fused-ring (bicyclic) bond motifs is 3. The van der Waals surface area contributed by atoms with Gasteiger partial charge in [0.25, 0.3) is 0 Å². The van der Waals surface area contributed by atoms with Crippen LogP contribution in [0, 0.1) is 6.92 Å². The van der Waals surface area contributed by atoms with E-state index in [-0.39, 0.29) is 12.0 Å². The molecule has 1 aliphatic carbocycles. The Morgan fingerprint density at radius 1 is 1.00 bits per heavy atom. The Bertz CT molecular complexity index is 594. The molecule has 1 atom stereocenters. The topological polar surface area (TPSA) is 20.2 Å². The molecule has 1 unspecified atom stereocenters. The summed E-state index contributed by atoms with van der Waals surface area (Å²) in [4.78, 5) is 0. The molecular weight excluding hydrogens is 220 g/mol. The van der Waals surface area contributed by atoms with Gasteiger partial charge in [-0.05, 0) is 35.6 Å². The van der Waals surface area contributed by atoms with Crippen LogP contribution in [0.25, 0.3) is 11.1 Å². The van der Waals surface area contributed by atoms with Crippen LogP contribution < -0.4 is 0 Å².